The molecular weight excluding hydrogens is 267 g/mol. The van der Waals surface area contributed by atoms with E-state index in [1.54, 1.807) is 0 Å². The van der Waals surface area contributed by atoms with Crippen LogP contribution in [0.1, 0.15) is 31.9 Å². The molecule has 0 amide bonds. The third kappa shape index (κ3) is 2.83. The van der Waals surface area contributed by atoms with Gasteiger partial charge in [-0.15, -0.1) is 0 Å². The number of nitrogens with one attached hydrogen (secondary N) is 1. The van der Waals surface area contributed by atoms with E-state index >= 15 is 0 Å². The van der Waals surface area contributed by atoms with Crippen molar-refractivity contribution < 1.29 is 0 Å². The maximum absolute atomic E-state index is 6.34. The molecule has 0 bridgehead atoms. The van der Waals surface area contributed by atoms with Crippen LogP contribution < -0.4 is 5.32 Å². The zero-order chi connectivity index (χ0) is 13.9. The van der Waals surface area contributed by atoms with Crippen molar-refractivity contribution in [3.05, 3.63) is 33.8 Å². The summed E-state index contributed by atoms with van der Waals surface area (Å²) < 4.78 is 0. The summed E-state index contributed by atoms with van der Waals surface area (Å²) in [4.78, 5) is 2.23. The molecule has 0 aromatic heterocycles. The van der Waals surface area contributed by atoms with Gasteiger partial charge in [0, 0.05) is 5.54 Å². The van der Waals surface area contributed by atoms with E-state index in [2.05, 4.69) is 38.2 Å². The van der Waals surface area contributed by atoms with E-state index in [1.165, 1.54) is 0 Å². The highest BCUT2D eigenvalue weighted by molar-refractivity contribution is 6.42. The minimum atomic E-state index is -0.0247. The molecule has 1 N–H and O–H groups in total. The predicted molar refractivity (Wildman–Crippen MR) is 80.6 cm³/mol. The van der Waals surface area contributed by atoms with Crippen LogP contribution in [0.3, 0.4) is 0 Å². The molecule has 0 saturated carbocycles. The van der Waals surface area contributed by atoms with E-state index in [0.29, 0.717) is 10.0 Å². The molecule has 0 aliphatic heterocycles. The quantitative estimate of drug-likeness (QED) is 0.882. The molecule has 2 nitrogen and oxygen atoms in total. The molecule has 18 heavy (non-hydrogen) atoms. The molecule has 102 valence electrons. The van der Waals surface area contributed by atoms with E-state index in [9.17, 15) is 0 Å². The first-order valence-corrected chi connectivity index (χ1v) is 6.92. The van der Waals surface area contributed by atoms with Gasteiger partial charge >= 0.3 is 0 Å². The van der Waals surface area contributed by atoms with E-state index in [4.69, 9.17) is 23.2 Å². The molecule has 2 atom stereocenters. The topological polar surface area (TPSA) is 15.3 Å². The lowest BCUT2D eigenvalue weighted by molar-refractivity contribution is 0.117. The lowest BCUT2D eigenvalue weighted by Gasteiger charge is -2.43. The van der Waals surface area contributed by atoms with Crippen molar-refractivity contribution in [3.8, 4) is 0 Å². The van der Waals surface area contributed by atoms with Gasteiger partial charge in [-0.25, -0.2) is 0 Å². The Hall–Kier alpha value is -0.280. The molecule has 0 spiro atoms. The van der Waals surface area contributed by atoms with E-state index in [-0.39, 0.29) is 11.6 Å². The van der Waals surface area contributed by atoms with Crippen molar-refractivity contribution in [1.82, 2.24) is 10.2 Å². The predicted octanol–water partition coefficient (Wildman–Crippen LogP) is 3.98. The molecule has 1 aromatic rings. The van der Waals surface area contributed by atoms with Crippen LogP contribution in [0.15, 0.2) is 18.2 Å². The van der Waals surface area contributed by atoms with Crippen molar-refractivity contribution >= 4 is 23.2 Å². The van der Waals surface area contributed by atoms with Gasteiger partial charge in [0.15, 0.2) is 0 Å². The minimum Gasteiger partial charge on any atom is -0.311 e. The third-order valence-electron chi connectivity index (χ3n) is 3.94. The van der Waals surface area contributed by atoms with Gasteiger partial charge in [0.25, 0.3) is 0 Å². The molecule has 0 aliphatic carbocycles. The zero-order valence-corrected chi connectivity index (χ0v) is 13.2. The monoisotopic (exact) mass is 288 g/mol. The summed E-state index contributed by atoms with van der Waals surface area (Å²) in [5.41, 5.74) is 1.02. The van der Waals surface area contributed by atoms with E-state index < -0.39 is 0 Å². The SMILES string of the molecule is CCC(C)(C(NC)c1cccc(Cl)c1Cl)N(C)C. The van der Waals surface area contributed by atoms with Crippen molar-refractivity contribution in [2.75, 3.05) is 21.1 Å². The largest absolute Gasteiger partial charge is 0.311 e. The van der Waals surface area contributed by atoms with Crippen molar-refractivity contribution in [3.63, 3.8) is 0 Å². The molecule has 1 aromatic carbocycles. The van der Waals surface area contributed by atoms with Crippen LogP contribution in [0, 0.1) is 0 Å². The second-order valence-corrected chi connectivity index (χ2v) is 5.76. The second kappa shape index (κ2) is 6.25. The Kier molecular flexibility index (Phi) is 5.47. The maximum atomic E-state index is 6.34. The van der Waals surface area contributed by atoms with Gasteiger partial charge in [0.1, 0.15) is 0 Å². The first-order valence-electron chi connectivity index (χ1n) is 6.17. The Bertz CT molecular complexity index is 407. The van der Waals surface area contributed by atoms with E-state index in [0.717, 1.165) is 12.0 Å². The molecule has 0 saturated heterocycles. The van der Waals surface area contributed by atoms with Gasteiger partial charge in [0.2, 0.25) is 0 Å². The summed E-state index contributed by atoms with van der Waals surface area (Å²) in [5.74, 6) is 0. The third-order valence-corrected chi connectivity index (χ3v) is 4.77. The number of halogens is 2. The first-order chi connectivity index (χ1) is 8.38. The van der Waals surface area contributed by atoms with Crippen molar-refractivity contribution in [2.45, 2.75) is 31.8 Å². The van der Waals surface area contributed by atoms with Crippen LogP contribution in [0.4, 0.5) is 0 Å². The summed E-state index contributed by atoms with van der Waals surface area (Å²) in [6, 6.07) is 5.93. The van der Waals surface area contributed by atoms with Crippen LogP contribution in [0.2, 0.25) is 10.0 Å². The Morgan fingerprint density at radius 2 is 1.94 bits per heavy atom. The Balaban J connectivity index is 3.29. The Labute approximate surface area is 120 Å². The van der Waals surface area contributed by atoms with Gasteiger partial charge in [-0.1, -0.05) is 42.3 Å². The lowest BCUT2D eigenvalue weighted by atomic mass is 9.83. The van der Waals surface area contributed by atoms with Gasteiger partial charge in [0.05, 0.1) is 16.1 Å². The number of likely N-dealkylation sites (N-methyl/N-ethyl adjacent to an activating group) is 2. The van der Waals surface area contributed by atoms with E-state index in [1.807, 2.05) is 25.2 Å². The van der Waals surface area contributed by atoms with Gasteiger partial charge in [-0.05, 0) is 46.1 Å². The number of benzene rings is 1. The van der Waals surface area contributed by atoms with Crippen molar-refractivity contribution in [1.29, 1.82) is 0 Å². The average Bonchev–Trinajstić information content (AvgIpc) is 2.34. The van der Waals surface area contributed by atoms with Crippen molar-refractivity contribution in [2.24, 2.45) is 0 Å². The normalized spacial score (nSPS) is 16.7. The van der Waals surface area contributed by atoms with Crippen LogP contribution >= 0.6 is 23.2 Å². The molecule has 0 aliphatic rings. The highest BCUT2D eigenvalue weighted by Crippen LogP contribution is 2.38. The smallest absolute Gasteiger partial charge is 0.0640 e. The average molecular weight is 289 g/mol. The highest BCUT2D eigenvalue weighted by atomic mass is 35.5. The Morgan fingerprint density at radius 1 is 1.33 bits per heavy atom. The molecule has 4 heteroatoms. The number of hydrogen-bond donors (Lipinski definition) is 1. The highest BCUT2D eigenvalue weighted by Gasteiger charge is 2.36. The molecule has 0 fully saturated rings. The maximum Gasteiger partial charge on any atom is 0.0640 e. The lowest BCUT2D eigenvalue weighted by Crippen LogP contribution is -2.50. The summed E-state index contributed by atoms with van der Waals surface area (Å²) >= 11 is 12.5. The van der Waals surface area contributed by atoms with Crippen LogP contribution in [0.5, 0.6) is 0 Å². The Morgan fingerprint density at radius 3 is 2.39 bits per heavy atom. The van der Waals surface area contributed by atoms with Crippen LogP contribution in [-0.4, -0.2) is 31.6 Å². The summed E-state index contributed by atoms with van der Waals surface area (Å²) in [6.45, 7) is 4.41. The number of rotatable bonds is 5. The standard InChI is InChI=1S/C14H22Cl2N2/c1-6-14(2,18(4)5)13(17-3)10-8-7-9-11(15)12(10)16/h7-9,13,17H,6H2,1-5H3. The number of hydrogen-bond acceptors (Lipinski definition) is 2. The van der Waals surface area contributed by atoms with Crippen LogP contribution in [0.25, 0.3) is 0 Å². The van der Waals surface area contributed by atoms with Gasteiger partial charge in [-0.2, -0.15) is 0 Å². The fourth-order valence-electron chi connectivity index (χ4n) is 2.32. The first kappa shape index (κ1) is 15.8. The fourth-order valence-corrected chi connectivity index (χ4v) is 2.74. The zero-order valence-electron chi connectivity index (χ0n) is 11.7. The van der Waals surface area contributed by atoms with Gasteiger partial charge < -0.3 is 10.2 Å². The summed E-state index contributed by atoms with van der Waals surface area (Å²) in [6.07, 6.45) is 1.01. The van der Waals surface area contributed by atoms with Crippen LogP contribution in [-0.2, 0) is 0 Å². The number of nitrogens with zero attached hydrogens (tertiary/aromatic N) is 1. The molecule has 0 radical (unpaired) electrons. The van der Waals surface area contributed by atoms with Gasteiger partial charge in [-0.3, -0.25) is 0 Å². The molecule has 2 unspecified atom stereocenters. The summed E-state index contributed by atoms with van der Waals surface area (Å²) in [7, 11) is 6.14. The second-order valence-electron chi connectivity index (χ2n) is 4.97. The fraction of sp³-hybridized carbons (Fsp3) is 0.571. The molecular formula is C14H22Cl2N2. The molecule has 1 rings (SSSR count). The molecule has 0 heterocycles. The minimum absolute atomic E-state index is 0.0247. The summed E-state index contributed by atoms with van der Waals surface area (Å²) in [5, 5.41) is 4.62.